The lowest BCUT2D eigenvalue weighted by molar-refractivity contribution is 0.342. The van der Waals surface area contributed by atoms with Crippen LogP contribution < -0.4 is 15.0 Å². The second-order valence-electron chi connectivity index (χ2n) is 7.17. The number of benzene rings is 2. The van der Waals surface area contributed by atoms with Crippen LogP contribution in [0.5, 0.6) is 11.5 Å². The molecular weight excluding hydrogens is 440 g/mol. The molecule has 7 heteroatoms. The van der Waals surface area contributed by atoms with Crippen molar-refractivity contribution in [2.45, 2.75) is 18.6 Å². The van der Waals surface area contributed by atoms with Gasteiger partial charge in [0.05, 0.1) is 19.1 Å². The first-order valence-corrected chi connectivity index (χ1v) is 12.1. The number of thioether (sulfide) groups is 1. The normalized spacial score (nSPS) is 10.9. The second-order valence-corrected chi connectivity index (χ2v) is 9.09. The zero-order chi connectivity index (χ0) is 22.5. The van der Waals surface area contributed by atoms with Gasteiger partial charge in [0.2, 0.25) is 0 Å². The lowest BCUT2D eigenvalue weighted by atomic mass is 10.1. The molecule has 0 bridgehead atoms. The fourth-order valence-electron chi connectivity index (χ4n) is 3.32. The Kier molecular flexibility index (Phi) is 6.97. The van der Waals surface area contributed by atoms with E-state index in [2.05, 4.69) is 25.6 Å². The number of nitrogens with zero attached hydrogens (tertiary/aromatic N) is 2. The van der Waals surface area contributed by atoms with E-state index in [0.29, 0.717) is 29.4 Å². The molecule has 5 nitrogen and oxygen atoms in total. The standard InChI is InChI=1S/C25H24N2O3S2/c1-4-13-27-24(28)22-21(18-7-5-17(2)6-8-18)16-32-23(22)26-25(27)31-15-14-30-20-11-9-19(29-3)10-12-20/h4-12,16H,1,13-15H2,2-3H3. The number of ether oxygens (including phenoxy) is 2. The average molecular weight is 465 g/mol. The van der Waals surface area contributed by atoms with Crippen LogP contribution in [0.3, 0.4) is 0 Å². The summed E-state index contributed by atoms with van der Waals surface area (Å²) in [5.74, 6) is 2.23. The second kappa shape index (κ2) is 10.1. The van der Waals surface area contributed by atoms with E-state index < -0.39 is 0 Å². The Labute approximate surface area is 195 Å². The van der Waals surface area contributed by atoms with Crippen molar-refractivity contribution in [3.63, 3.8) is 0 Å². The first kappa shape index (κ1) is 22.2. The minimum atomic E-state index is -0.0368. The summed E-state index contributed by atoms with van der Waals surface area (Å²) in [4.78, 5) is 19.0. The lowest BCUT2D eigenvalue weighted by Crippen LogP contribution is -2.22. The Morgan fingerprint density at radius 2 is 1.84 bits per heavy atom. The Morgan fingerprint density at radius 1 is 1.12 bits per heavy atom. The molecule has 0 saturated heterocycles. The number of thiophene rings is 1. The van der Waals surface area contributed by atoms with Crippen LogP contribution in [0, 0.1) is 6.92 Å². The molecule has 0 radical (unpaired) electrons. The van der Waals surface area contributed by atoms with Crippen molar-refractivity contribution < 1.29 is 9.47 Å². The van der Waals surface area contributed by atoms with E-state index in [4.69, 9.17) is 14.5 Å². The van der Waals surface area contributed by atoms with Gasteiger partial charge in [0.15, 0.2) is 5.16 Å². The van der Waals surface area contributed by atoms with Gasteiger partial charge in [-0.15, -0.1) is 17.9 Å². The third-order valence-electron chi connectivity index (χ3n) is 4.98. The van der Waals surface area contributed by atoms with E-state index in [9.17, 15) is 4.79 Å². The monoisotopic (exact) mass is 464 g/mol. The number of aryl methyl sites for hydroxylation is 1. The highest BCUT2D eigenvalue weighted by atomic mass is 32.2. The summed E-state index contributed by atoms with van der Waals surface area (Å²) in [5, 5.41) is 3.36. The van der Waals surface area contributed by atoms with Crippen LogP contribution in [0.15, 0.2) is 76.5 Å². The topological polar surface area (TPSA) is 53.4 Å². The van der Waals surface area contributed by atoms with Gasteiger partial charge in [0, 0.05) is 23.2 Å². The smallest absolute Gasteiger partial charge is 0.263 e. The molecule has 2 aromatic carbocycles. The molecule has 0 atom stereocenters. The van der Waals surface area contributed by atoms with Crippen LogP contribution in [0.25, 0.3) is 21.3 Å². The summed E-state index contributed by atoms with van der Waals surface area (Å²) >= 11 is 3.01. The maximum Gasteiger partial charge on any atom is 0.263 e. The molecule has 0 aliphatic rings. The third-order valence-corrected chi connectivity index (χ3v) is 6.79. The summed E-state index contributed by atoms with van der Waals surface area (Å²) in [5.41, 5.74) is 3.11. The van der Waals surface area contributed by atoms with Crippen molar-refractivity contribution in [3.8, 4) is 22.6 Å². The van der Waals surface area contributed by atoms with Crippen LogP contribution in [-0.4, -0.2) is 29.0 Å². The van der Waals surface area contributed by atoms with Gasteiger partial charge in [0.25, 0.3) is 5.56 Å². The molecule has 0 fully saturated rings. The van der Waals surface area contributed by atoms with Gasteiger partial charge in [-0.2, -0.15) is 0 Å². The number of hydrogen-bond acceptors (Lipinski definition) is 6. The number of aromatic nitrogens is 2. The zero-order valence-corrected chi connectivity index (χ0v) is 19.7. The maximum absolute atomic E-state index is 13.4. The average Bonchev–Trinajstić information content (AvgIpc) is 3.24. The molecule has 2 aromatic heterocycles. The van der Waals surface area contributed by atoms with E-state index in [1.807, 2.05) is 41.8 Å². The predicted molar refractivity (Wildman–Crippen MR) is 133 cm³/mol. The molecule has 4 rings (SSSR count). The first-order valence-electron chi connectivity index (χ1n) is 10.2. The lowest BCUT2D eigenvalue weighted by Gasteiger charge is -2.11. The number of allylic oxidation sites excluding steroid dienone is 1. The van der Waals surface area contributed by atoms with Gasteiger partial charge in [0.1, 0.15) is 16.3 Å². The van der Waals surface area contributed by atoms with Crippen molar-refractivity contribution in [3.05, 3.63) is 82.5 Å². The molecular formula is C25H24N2O3S2. The fraction of sp³-hybridized carbons (Fsp3) is 0.200. The van der Waals surface area contributed by atoms with Gasteiger partial charge in [-0.3, -0.25) is 9.36 Å². The van der Waals surface area contributed by atoms with E-state index in [0.717, 1.165) is 27.5 Å². The highest BCUT2D eigenvalue weighted by Gasteiger charge is 2.17. The van der Waals surface area contributed by atoms with Crippen molar-refractivity contribution >= 4 is 33.3 Å². The molecule has 0 aliphatic carbocycles. The number of fused-ring (bicyclic) bond motifs is 1. The minimum Gasteiger partial charge on any atom is -0.497 e. The maximum atomic E-state index is 13.4. The highest BCUT2D eigenvalue weighted by Crippen LogP contribution is 2.32. The van der Waals surface area contributed by atoms with Gasteiger partial charge in [-0.25, -0.2) is 4.98 Å². The summed E-state index contributed by atoms with van der Waals surface area (Å²) in [6.07, 6.45) is 1.73. The molecule has 0 spiro atoms. The molecule has 164 valence electrons. The van der Waals surface area contributed by atoms with Crippen LogP contribution in [0.1, 0.15) is 5.56 Å². The zero-order valence-electron chi connectivity index (χ0n) is 18.0. The minimum absolute atomic E-state index is 0.0368. The highest BCUT2D eigenvalue weighted by molar-refractivity contribution is 7.99. The van der Waals surface area contributed by atoms with Crippen molar-refractivity contribution in [1.82, 2.24) is 9.55 Å². The Hall–Kier alpha value is -3.03. The molecule has 0 aliphatic heterocycles. The molecule has 4 aromatic rings. The summed E-state index contributed by atoms with van der Waals surface area (Å²) in [6.45, 7) is 6.78. The number of rotatable bonds is 9. The molecule has 0 amide bonds. The van der Waals surface area contributed by atoms with Gasteiger partial charge < -0.3 is 9.47 Å². The summed E-state index contributed by atoms with van der Waals surface area (Å²) < 4.78 is 12.7. The Morgan fingerprint density at radius 3 is 2.53 bits per heavy atom. The van der Waals surface area contributed by atoms with Gasteiger partial charge in [-0.05, 0) is 36.8 Å². The van der Waals surface area contributed by atoms with Crippen LogP contribution in [-0.2, 0) is 6.54 Å². The largest absolute Gasteiger partial charge is 0.497 e. The Bertz CT molecular complexity index is 1280. The Balaban J connectivity index is 1.56. The van der Waals surface area contributed by atoms with E-state index in [-0.39, 0.29) is 5.56 Å². The summed E-state index contributed by atoms with van der Waals surface area (Å²) in [7, 11) is 1.64. The van der Waals surface area contributed by atoms with Gasteiger partial charge in [-0.1, -0.05) is 47.7 Å². The quantitative estimate of drug-likeness (QED) is 0.136. The van der Waals surface area contributed by atoms with Crippen LogP contribution >= 0.6 is 23.1 Å². The SMILES string of the molecule is C=CCn1c(SCCOc2ccc(OC)cc2)nc2scc(-c3ccc(C)cc3)c2c1=O. The van der Waals surface area contributed by atoms with E-state index in [1.165, 1.54) is 28.7 Å². The van der Waals surface area contributed by atoms with Crippen molar-refractivity contribution in [1.29, 1.82) is 0 Å². The van der Waals surface area contributed by atoms with Crippen molar-refractivity contribution in [2.75, 3.05) is 19.5 Å². The molecule has 0 N–H and O–H groups in total. The molecule has 0 saturated carbocycles. The number of methoxy groups -OCH3 is 1. The van der Waals surface area contributed by atoms with Crippen LogP contribution in [0.4, 0.5) is 0 Å². The number of hydrogen-bond donors (Lipinski definition) is 0. The van der Waals surface area contributed by atoms with E-state index >= 15 is 0 Å². The fourth-order valence-corrected chi connectivity index (χ4v) is 5.13. The summed E-state index contributed by atoms with van der Waals surface area (Å²) in [6, 6.07) is 15.7. The van der Waals surface area contributed by atoms with Crippen LogP contribution in [0.2, 0.25) is 0 Å². The molecule has 2 heterocycles. The van der Waals surface area contributed by atoms with Gasteiger partial charge >= 0.3 is 0 Å². The molecule has 32 heavy (non-hydrogen) atoms. The van der Waals surface area contributed by atoms with E-state index in [1.54, 1.807) is 17.8 Å². The predicted octanol–water partition coefficient (Wildman–Crippen LogP) is 5.80. The van der Waals surface area contributed by atoms with Crippen molar-refractivity contribution in [2.24, 2.45) is 0 Å². The third kappa shape index (κ3) is 4.74. The molecule has 0 unspecified atom stereocenters. The first-order chi connectivity index (χ1) is 15.6.